The summed E-state index contributed by atoms with van der Waals surface area (Å²) in [6, 6.07) is 6.53. The highest BCUT2D eigenvalue weighted by molar-refractivity contribution is 5.52. The van der Waals surface area contributed by atoms with E-state index < -0.39 is 0 Å². The summed E-state index contributed by atoms with van der Waals surface area (Å²) in [6.07, 6.45) is 3.35. The number of hydrogen-bond acceptors (Lipinski definition) is 2. The third kappa shape index (κ3) is 3.63. The molecule has 1 aliphatic rings. The quantitative estimate of drug-likeness (QED) is 0.775. The Kier molecular flexibility index (Phi) is 4.35. The fourth-order valence-corrected chi connectivity index (χ4v) is 3.04. The van der Waals surface area contributed by atoms with Crippen LogP contribution in [-0.4, -0.2) is 18.5 Å². The summed E-state index contributed by atoms with van der Waals surface area (Å²) in [5.41, 5.74) is 0.917. The highest BCUT2D eigenvalue weighted by Crippen LogP contribution is 2.39. The molecule has 0 aromatic heterocycles. The highest BCUT2D eigenvalue weighted by Gasteiger charge is 2.33. The topological polar surface area (TPSA) is 26.3 Å². The summed E-state index contributed by atoms with van der Waals surface area (Å²) >= 11 is 0. The molecule has 0 bridgehead atoms. The molecule has 0 aliphatic carbocycles. The first kappa shape index (κ1) is 14.2. The van der Waals surface area contributed by atoms with Crippen molar-refractivity contribution in [3.05, 3.63) is 35.6 Å². The normalized spacial score (nSPS) is 23.8. The van der Waals surface area contributed by atoms with Crippen LogP contribution in [0.1, 0.15) is 44.6 Å². The minimum Gasteiger partial charge on any atom is -0.376 e. The average molecular weight is 264 g/mol. The molecular weight excluding hydrogens is 243 g/mol. The minimum atomic E-state index is -0.235. The number of hydrogen-bond donors (Lipinski definition) is 0. The van der Waals surface area contributed by atoms with Crippen molar-refractivity contribution in [2.24, 2.45) is 5.92 Å². The molecule has 0 amide bonds. The average Bonchev–Trinajstić information content (AvgIpc) is 2.36. The van der Waals surface area contributed by atoms with Gasteiger partial charge < -0.3 is 9.53 Å². The van der Waals surface area contributed by atoms with Gasteiger partial charge in [0.05, 0.1) is 5.60 Å². The fourth-order valence-electron chi connectivity index (χ4n) is 3.04. The summed E-state index contributed by atoms with van der Waals surface area (Å²) in [5.74, 6) is 0.349. The van der Waals surface area contributed by atoms with Crippen LogP contribution in [0.5, 0.6) is 0 Å². The van der Waals surface area contributed by atoms with Crippen LogP contribution in [0.2, 0.25) is 0 Å². The first-order valence-electron chi connectivity index (χ1n) is 6.85. The molecule has 1 heterocycles. The van der Waals surface area contributed by atoms with Crippen LogP contribution in [-0.2, 0) is 9.53 Å². The molecule has 1 aliphatic heterocycles. The van der Waals surface area contributed by atoms with E-state index in [2.05, 4.69) is 13.8 Å². The number of carbonyl (C=O) groups is 1. The Balaban J connectivity index is 2.19. The molecule has 1 aromatic carbocycles. The van der Waals surface area contributed by atoms with Gasteiger partial charge in [-0.1, -0.05) is 12.1 Å². The lowest BCUT2D eigenvalue weighted by molar-refractivity contribution is -0.109. The molecule has 1 aromatic rings. The second-order valence-corrected chi connectivity index (χ2v) is 5.92. The van der Waals surface area contributed by atoms with Crippen LogP contribution in [0.4, 0.5) is 4.39 Å². The van der Waals surface area contributed by atoms with E-state index in [9.17, 15) is 9.18 Å². The van der Waals surface area contributed by atoms with E-state index in [0.29, 0.717) is 12.3 Å². The lowest BCUT2D eigenvalue weighted by Crippen LogP contribution is -2.36. The van der Waals surface area contributed by atoms with Gasteiger partial charge in [0.25, 0.3) is 0 Å². The first-order chi connectivity index (χ1) is 9.02. The van der Waals surface area contributed by atoms with Gasteiger partial charge in [0.15, 0.2) is 0 Å². The molecule has 0 radical (unpaired) electrons. The van der Waals surface area contributed by atoms with Crippen LogP contribution in [0.3, 0.4) is 0 Å². The van der Waals surface area contributed by atoms with Gasteiger partial charge in [-0.05, 0) is 56.2 Å². The van der Waals surface area contributed by atoms with E-state index in [4.69, 9.17) is 4.74 Å². The molecule has 2 rings (SSSR count). The third-order valence-electron chi connectivity index (χ3n) is 3.95. The smallest absolute Gasteiger partial charge is 0.123 e. The second kappa shape index (κ2) is 5.83. The lowest BCUT2D eigenvalue weighted by Gasteiger charge is -2.39. The van der Waals surface area contributed by atoms with Crippen LogP contribution in [0.25, 0.3) is 0 Å². The van der Waals surface area contributed by atoms with E-state index in [1.165, 1.54) is 12.1 Å². The minimum absolute atomic E-state index is 0.135. The number of carbonyl (C=O) groups excluding carboxylic acids is 1. The second-order valence-electron chi connectivity index (χ2n) is 5.92. The number of rotatable bonds is 4. The molecule has 0 N–H and O–H groups in total. The van der Waals surface area contributed by atoms with E-state index in [0.717, 1.165) is 31.3 Å². The van der Waals surface area contributed by atoms with Gasteiger partial charge in [0.2, 0.25) is 0 Å². The Morgan fingerprint density at radius 1 is 1.42 bits per heavy atom. The zero-order chi connectivity index (χ0) is 13.9. The highest BCUT2D eigenvalue weighted by atomic mass is 19.1. The van der Waals surface area contributed by atoms with E-state index in [-0.39, 0.29) is 17.3 Å². The lowest BCUT2D eigenvalue weighted by atomic mass is 9.75. The first-order valence-corrected chi connectivity index (χ1v) is 6.85. The molecule has 2 atom stereocenters. The number of aldehydes is 1. The number of halogens is 1. The zero-order valence-electron chi connectivity index (χ0n) is 11.6. The molecule has 2 nitrogen and oxygen atoms in total. The summed E-state index contributed by atoms with van der Waals surface area (Å²) in [7, 11) is 0. The van der Waals surface area contributed by atoms with E-state index in [1.807, 2.05) is 0 Å². The van der Waals surface area contributed by atoms with Gasteiger partial charge in [-0.2, -0.15) is 0 Å². The monoisotopic (exact) mass is 264 g/mol. The molecule has 0 saturated carbocycles. The van der Waals surface area contributed by atoms with E-state index in [1.54, 1.807) is 12.1 Å². The molecule has 1 fully saturated rings. The van der Waals surface area contributed by atoms with Crippen molar-refractivity contribution < 1.29 is 13.9 Å². The standard InChI is InChI=1S/C16H21FO2/c1-16(2)11-13(8-10-19-16)15(7-9-18)12-3-5-14(17)6-4-12/h3-6,9,13,15H,7-8,10-11H2,1-2H3. The summed E-state index contributed by atoms with van der Waals surface area (Å²) < 4.78 is 18.7. The van der Waals surface area contributed by atoms with Crippen molar-refractivity contribution in [1.29, 1.82) is 0 Å². The fraction of sp³-hybridized carbons (Fsp3) is 0.562. The van der Waals surface area contributed by atoms with Crippen LogP contribution < -0.4 is 0 Å². The molecule has 3 heteroatoms. The van der Waals surface area contributed by atoms with Crippen molar-refractivity contribution in [3.63, 3.8) is 0 Å². The van der Waals surface area contributed by atoms with Gasteiger partial charge in [-0.3, -0.25) is 0 Å². The number of benzene rings is 1. The maximum atomic E-state index is 13.0. The Morgan fingerprint density at radius 2 is 2.11 bits per heavy atom. The van der Waals surface area contributed by atoms with Crippen molar-refractivity contribution in [2.75, 3.05) is 6.61 Å². The summed E-state index contributed by atoms with van der Waals surface area (Å²) in [5, 5.41) is 0. The molecule has 2 unspecified atom stereocenters. The van der Waals surface area contributed by atoms with Crippen molar-refractivity contribution in [2.45, 2.75) is 44.6 Å². The predicted molar refractivity (Wildman–Crippen MR) is 72.6 cm³/mol. The Bertz CT molecular complexity index is 425. The molecule has 1 saturated heterocycles. The van der Waals surface area contributed by atoms with Gasteiger partial charge in [-0.25, -0.2) is 4.39 Å². The zero-order valence-corrected chi connectivity index (χ0v) is 11.6. The van der Waals surface area contributed by atoms with Crippen molar-refractivity contribution in [3.8, 4) is 0 Å². The summed E-state index contributed by atoms with van der Waals surface area (Å²) in [4.78, 5) is 11.0. The van der Waals surface area contributed by atoms with Crippen molar-refractivity contribution >= 4 is 6.29 Å². The summed E-state index contributed by atoms with van der Waals surface area (Å²) in [6.45, 7) is 4.90. The van der Waals surface area contributed by atoms with Crippen LogP contribution in [0.15, 0.2) is 24.3 Å². The SMILES string of the molecule is CC1(C)CC(C(CC=O)c2ccc(F)cc2)CCO1. The molecule has 19 heavy (non-hydrogen) atoms. The Morgan fingerprint density at radius 3 is 2.68 bits per heavy atom. The van der Waals surface area contributed by atoms with Gasteiger partial charge >= 0.3 is 0 Å². The molecule has 0 spiro atoms. The van der Waals surface area contributed by atoms with Gasteiger partial charge in [-0.15, -0.1) is 0 Å². The van der Waals surface area contributed by atoms with Gasteiger partial charge in [0, 0.05) is 13.0 Å². The maximum absolute atomic E-state index is 13.0. The van der Waals surface area contributed by atoms with Gasteiger partial charge in [0.1, 0.15) is 12.1 Å². The van der Waals surface area contributed by atoms with Crippen molar-refractivity contribution in [1.82, 2.24) is 0 Å². The maximum Gasteiger partial charge on any atom is 0.123 e. The number of ether oxygens (including phenoxy) is 1. The van der Waals surface area contributed by atoms with E-state index >= 15 is 0 Å². The largest absolute Gasteiger partial charge is 0.376 e. The van der Waals surface area contributed by atoms with Crippen LogP contribution in [0, 0.1) is 11.7 Å². The Hall–Kier alpha value is -1.22. The predicted octanol–water partition coefficient (Wildman–Crippen LogP) is 3.70. The van der Waals surface area contributed by atoms with Crippen LogP contribution >= 0.6 is 0 Å². The molecular formula is C16H21FO2. The Labute approximate surface area is 114 Å². The third-order valence-corrected chi connectivity index (χ3v) is 3.95. The molecule has 104 valence electrons.